The topological polar surface area (TPSA) is 67.8 Å². The largest absolute Gasteiger partial charge is 0.480 e. The minimum atomic E-state index is 0.0496. The van der Waals surface area contributed by atoms with Gasteiger partial charge in [-0.1, -0.05) is 18.2 Å². The van der Waals surface area contributed by atoms with Crippen molar-refractivity contribution in [3.8, 4) is 5.88 Å². The molecule has 0 saturated carbocycles. The number of aromatic nitrogens is 2. The number of carbonyl (C=O) groups excluding carboxylic acids is 1. The van der Waals surface area contributed by atoms with E-state index in [0.717, 1.165) is 28.9 Å². The molecule has 152 valence electrons. The molecule has 7 nitrogen and oxygen atoms in total. The number of hydrogen-bond acceptors (Lipinski definition) is 7. The summed E-state index contributed by atoms with van der Waals surface area (Å²) in [4.78, 5) is 27.9. The van der Waals surface area contributed by atoms with Crippen LogP contribution < -0.4 is 9.64 Å². The quantitative estimate of drug-likeness (QED) is 0.641. The third-order valence-electron chi connectivity index (χ3n) is 5.15. The number of thiophene rings is 1. The van der Waals surface area contributed by atoms with Gasteiger partial charge in [-0.2, -0.15) is 4.98 Å². The lowest BCUT2D eigenvalue weighted by Crippen LogP contribution is -2.48. The summed E-state index contributed by atoms with van der Waals surface area (Å²) < 4.78 is 10.6. The molecule has 8 heteroatoms. The Morgan fingerprint density at radius 2 is 1.83 bits per heavy atom. The number of aryl methyl sites for hydroxylation is 1. The van der Waals surface area contributed by atoms with Gasteiger partial charge in [-0.25, -0.2) is 4.98 Å². The molecule has 1 fully saturated rings. The monoisotopic (exact) mass is 412 g/mol. The second-order valence-corrected chi connectivity index (χ2v) is 7.93. The van der Waals surface area contributed by atoms with E-state index in [0.29, 0.717) is 36.3 Å². The summed E-state index contributed by atoms with van der Waals surface area (Å²) in [6.45, 7) is 5.27. The number of hydrogen-bond donors (Lipinski definition) is 0. The van der Waals surface area contributed by atoms with E-state index in [1.807, 2.05) is 30.0 Å². The lowest BCUT2D eigenvalue weighted by Gasteiger charge is -2.36. The number of methoxy groups -OCH3 is 2. The maximum atomic E-state index is 13.2. The Kier molecular flexibility index (Phi) is 5.64. The first-order valence-electron chi connectivity index (χ1n) is 9.54. The number of rotatable bonds is 5. The molecule has 0 bridgehead atoms. The van der Waals surface area contributed by atoms with Crippen LogP contribution in [0.25, 0.3) is 10.2 Å². The molecule has 3 aromatic rings. The Balaban J connectivity index is 1.57. The highest BCUT2D eigenvalue weighted by Gasteiger charge is 2.27. The van der Waals surface area contributed by atoms with Crippen LogP contribution in [0.2, 0.25) is 0 Å². The molecule has 0 aliphatic carbocycles. The van der Waals surface area contributed by atoms with E-state index < -0.39 is 0 Å². The molecule has 0 atom stereocenters. The highest BCUT2D eigenvalue weighted by molar-refractivity contribution is 7.20. The number of ether oxygens (including phenoxy) is 2. The molecule has 3 heterocycles. The third kappa shape index (κ3) is 3.77. The van der Waals surface area contributed by atoms with Crippen molar-refractivity contribution in [2.75, 3.05) is 45.3 Å². The maximum Gasteiger partial charge on any atom is 0.264 e. The average Bonchev–Trinajstić information content (AvgIpc) is 3.10. The zero-order chi connectivity index (χ0) is 20.4. The second-order valence-electron chi connectivity index (χ2n) is 6.93. The molecule has 1 aliphatic heterocycles. The van der Waals surface area contributed by atoms with Crippen LogP contribution in [0.4, 0.5) is 5.69 Å². The first-order valence-corrected chi connectivity index (χ1v) is 10.4. The number of piperazine rings is 1. The summed E-state index contributed by atoms with van der Waals surface area (Å²) in [7, 11) is 3.18. The molecule has 1 amide bonds. The van der Waals surface area contributed by atoms with Crippen LogP contribution in [0.3, 0.4) is 0 Å². The Hall–Kier alpha value is -2.71. The second kappa shape index (κ2) is 8.34. The Bertz CT molecular complexity index is 1010. The summed E-state index contributed by atoms with van der Waals surface area (Å²) in [5, 5.41) is 0.809. The van der Waals surface area contributed by atoms with Gasteiger partial charge in [0.05, 0.1) is 17.4 Å². The van der Waals surface area contributed by atoms with E-state index in [1.165, 1.54) is 17.0 Å². The lowest BCUT2D eigenvalue weighted by atomic mass is 10.2. The summed E-state index contributed by atoms with van der Waals surface area (Å²) in [5.41, 5.74) is 2.07. The van der Waals surface area contributed by atoms with Crippen LogP contribution in [-0.4, -0.2) is 61.2 Å². The van der Waals surface area contributed by atoms with Gasteiger partial charge in [-0.15, -0.1) is 11.3 Å². The minimum Gasteiger partial charge on any atom is -0.480 e. The fourth-order valence-electron chi connectivity index (χ4n) is 3.64. The summed E-state index contributed by atoms with van der Waals surface area (Å²) in [6, 6.07) is 10.3. The smallest absolute Gasteiger partial charge is 0.264 e. The average molecular weight is 413 g/mol. The van der Waals surface area contributed by atoms with Crippen LogP contribution in [0, 0.1) is 6.92 Å². The molecule has 0 N–H and O–H groups in total. The van der Waals surface area contributed by atoms with Gasteiger partial charge in [-0.3, -0.25) is 4.79 Å². The molecule has 2 aromatic heterocycles. The van der Waals surface area contributed by atoms with E-state index >= 15 is 0 Å². The van der Waals surface area contributed by atoms with Gasteiger partial charge in [0.1, 0.15) is 11.4 Å². The fraction of sp³-hybridized carbons (Fsp3) is 0.381. The molecule has 1 aromatic carbocycles. The summed E-state index contributed by atoms with van der Waals surface area (Å²) >= 11 is 1.40. The number of benzene rings is 1. The van der Waals surface area contributed by atoms with Crippen molar-refractivity contribution in [3.05, 3.63) is 46.6 Å². The molecular weight excluding hydrogens is 388 g/mol. The molecular formula is C21H24N4O3S. The number of fused-ring (bicyclic) bond motifs is 1. The van der Waals surface area contributed by atoms with E-state index in [1.54, 1.807) is 14.2 Å². The number of para-hydroxylation sites is 1. The highest BCUT2D eigenvalue weighted by atomic mass is 32.1. The van der Waals surface area contributed by atoms with Gasteiger partial charge in [-0.05, 0) is 24.6 Å². The number of carbonyl (C=O) groups is 1. The molecule has 0 spiro atoms. The van der Waals surface area contributed by atoms with Crippen LogP contribution in [0.1, 0.15) is 21.1 Å². The van der Waals surface area contributed by atoms with Gasteiger partial charge < -0.3 is 19.3 Å². The fourth-order valence-corrected chi connectivity index (χ4v) is 4.80. The Labute approximate surface area is 173 Å². The molecule has 0 unspecified atom stereocenters. The molecule has 0 radical (unpaired) electrons. The van der Waals surface area contributed by atoms with E-state index in [4.69, 9.17) is 9.47 Å². The first kappa shape index (κ1) is 19.6. The normalized spacial score (nSPS) is 14.4. The molecule has 1 saturated heterocycles. The number of anilines is 1. The van der Waals surface area contributed by atoms with Crippen molar-refractivity contribution >= 4 is 33.1 Å². The Morgan fingerprint density at radius 1 is 1.10 bits per heavy atom. The lowest BCUT2D eigenvalue weighted by molar-refractivity contribution is 0.0751. The summed E-state index contributed by atoms with van der Waals surface area (Å²) in [6.07, 6.45) is 0. The van der Waals surface area contributed by atoms with Gasteiger partial charge in [0.2, 0.25) is 5.88 Å². The molecule has 29 heavy (non-hydrogen) atoms. The zero-order valence-electron chi connectivity index (χ0n) is 16.8. The maximum absolute atomic E-state index is 13.2. The van der Waals surface area contributed by atoms with Crippen molar-refractivity contribution in [1.29, 1.82) is 0 Å². The molecule has 4 rings (SSSR count). The van der Waals surface area contributed by atoms with E-state index in [-0.39, 0.29) is 5.91 Å². The van der Waals surface area contributed by atoms with Crippen molar-refractivity contribution in [2.24, 2.45) is 0 Å². The van der Waals surface area contributed by atoms with Gasteiger partial charge in [0.25, 0.3) is 5.91 Å². The van der Waals surface area contributed by atoms with E-state index in [2.05, 4.69) is 27.0 Å². The highest BCUT2D eigenvalue weighted by Crippen LogP contribution is 2.36. The van der Waals surface area contributed by atoms with Crippen molar-refractivity contribution < 1.29 is 14.3 Å². The van der Waals surface area contributed by atoms with Crippen LogP contribution in [0.15, 0.2) is 30.3 Å². The van der Waals surface area contributed by atoms with Crippen molar-refractivity contribution in [2.45, 2.75) is 13.5 Å². The predicted octanol–water partition coefficient (Wildman–Crippen LogP) is 3.12. The molecule has 1 aliphatic rings. The standard InChI is InChI=1S/C21H24N4O3S/c1-14-17-19(28-3)22-16(13-27-2)23-20(17)29-18(14)21(26)25-11-9-24(10-12-25)15-7-5-4-6-8-15/h4-8H,9-13H2,1-3H3. The number of amides is 1. The number of nitrogens with zero attached hydrogens (tertiary/aromatic N) is 4. The van der Waals surface area contributed by atoms with Gasteiger partial charge in [0.15, 0.2) is 5.82 Å². The van der Waals surface area contributed by atoms with Gasteiger partial charge in [0, 0.05) is 39.0 Å². The van der Waals surface area contributed by atoms with Crippen molar-refractivity contribution in [3.63, 3.8) is 0 Å². The zero-order valence-corrected chi connectivity index (χ0v) is 17.7. The van der Waals surface area contributed by atoms with E-state index in [9.17, 15) is 4.79 Å². The summed E-state index contributed by atoms with van der Waals surface area (Å²) in [5.74, 6) is 1.09. The van der Waals surface area contributed by atoms with Crippen LogP contribution in [0.5, 0.6) is 5.88 Å². The van der Waals surface area contributed by atoms with Crippen molar-refractivity contribution in [1.82, 2.24) is 14.9 Å². The minimum absolute atomic E-state index is 0.0496. The predicted molar refractivity (Wildman–Crippen MR) is 114 cm³/mol. The SMILES string of the molecule is COCc1nc(OC)c2c(C)c(C(=O)N3CCN(c4ccccc4)CC3)sc2n1. The third-order valence-corrected chi connectivity index (χ3v) is 6.33. The first-order chi connectivity index (χ1) is 14.1. The van der Waals surface area contributed by atoms with Crippen LogP contribution in [-0.2, 0) is 11.3 Å². The van der Waals surface area contributed by atoms with Crippen LogP contribution >= 0.6 is 11.3 Å². The van der Waals surface area contributed by atoms with Gasteiger partial charge >= 0.3 is 0 Å². The Morgan fingerprint density at radius 3 is 2.48 bits per heavy atom.